The molecule has 4 aromatic rings. The minimum Gasteiger partial charge on any atom is -0.263 e. The average Bonchev–Trinajstić information content (AvgIpc) is 3.75. The zero-order valence-corrected chi connectivity index (χ0v) is 21.7. The average molecular weight is 541 g/mol. The van der Waals surface area contributed by atoms with Gasteiger partial charge >= 0.3 is 0 Å². The summed E-state index contributed by atoms with van der Waals surface area (Å²) in [7, 11) is 0. The quantitative estimate of drug-likeness (QED) is 0.287. The molecule has 42 heavy (non-hydrogen) atoms. The number of para-hydroxylation sites is 6. The lowest BCUT2D eigenvalue weighted by Crippen LogP contribution is -2.19. The molecule has 0 radical (unpaired) electrons. The summed E-state index contributed by atoms with van der Waals surface area (Å²) in [6.07, 6.45) is -0.750. The van der Waals surface area contributed by atoms with Gasteiger partial charge in [-0.25, -0.2) is 24.8 Å². The summed E-state index contributed by atoms with van der Waals surface area (Å²) in [6.45, 7) is 8.02. The van der Waals surface area contributed by atoms with Crippen LogP contribution in [0.2, 0.25) is 0 Å². The van der Waals surface area contributed by atoms with Gasteiger partial charge in [-0.05, 0) is 54.1 Å². The molecule has 10 heteroatoms. The lowest BCUT2D eigenvalue weighted by molar-refractivity contribution is 0.629. The van der Waals surface area contributed by atoms with E-state index in [0.29, 0.717) is 43.4 Å². The Bertz CT molecular complexity index is 2190. The van der Waals surface area contributed by atoms with Crippen LogP contribution in [0, 0.1) is 29.2 Å². The molecule has 0 spiro atoms. The molecule has 0 saturated heterocycles. The third-order valence-corrected chi connectivity index (χ3v) is 6.88. The highest BCUT2D eigenvalue weighted by atomic mass is 15.1. The SMILES string of the molecule is [C-]#[N+]C(=C1N=c2ccccc2=N1)c1cc(C(C#N)=C2N=c3ccccc3=N2)cc(C(C#N)C2N=c3ccccc3=N2)n1. The zero-order chi connectivity index (χ0) is 28.6. The first kappa shape index (κ1) is 24.6. The first-order valence-corrected chi connectivity index (χ1v) is 12.9. The van der Waals surface area contributed by atoms with E-state index in [1.807, 2.05) is 72.8 Å². The maximum atomic E-state index is 10.3. The Morgan fingerprint density at radius 3 is 1.69 bits per heavy atom. The number of nitrogens with zero attached hydrogens (tertiary/aromatic N) is 10. The minimum atomic E-state index is -0.901. The van der Waals surface area contributed by atoms with Crippen molar-refractivity contribution in [1.29, 1.82) is 10.5 Å². The summed E-state index contributed by atoms with van der Waals surface area (Å²) in [5.74, 6) is -0.466. The summed E-state index contributed by atoms with van der Waals surface area (Å²) in [5.41, 5.74) is 1.18. The molecule has 7 rings (SSSR count). The van der Waals surface area contributed by atoms with Gasteiger partial charge in [0.1, 0.15) is 17.6 Å². The summed E-state index contributed by atoms with van der Waals surface area (Å²) in [5, 5.41) is 24.6. The van der Waals surface area contributed by atoms with Gasteiger partial charge in [0, 0.05) is 0 Å². The van der Waals surface area contributed by atoms with E-state index >= 15 is 0 Å². The van der Waals surface area contributed by atoms with Crippen LogP contribution >= 0.6 is 0 Å². The number of hydrogen-bond donors (Lipinski definition) is 0. The molecule has 0 amide bonds. The van der Waals surface area contributed by atoms with Crippen LogP contribution in [0.5, 0.6) is 0 Å². The topological polar surface area (TPSA) is 139 Å². The molecule has 1 aromatic heterocycles. The number of rotatable bonds is 4. The van der Waals surface area contributed by atoms with Crippen LogP contribution in [0.25, 0.3) is 16.1 Å². The lowest BCUT2D eigenvalue weighted by atomic mass is 9.97. The van der Waals surface area contributed by atoms with Gasteiger partial charge in [-0.2, -0.15) is 10.5 Å². The molecule has 3 aromatic carbocycles. The predicted octanol–water partition coefficient (Wildman–Crippen LogP) is 1.61. The van der Waals surface area contributed by atoms with E-state index in [1.54, 1.807) is 12.1 Å². The summed E-state index contributed by atoms with van der Waals surface area (Å²) < 4.78 is 0. The number of aromatic nitrogens is 1. The van der Waals surface area contributed by atoms with Crippen LogP contribution < -0.4 is 32.1 Å². The number of allylic oxidation sites excluding steroid dienone is 1. The van der Waals surface area contributed by atoms with Gasteiger partial charge in [0.05, 0.1) is 56.2 Å². The van der Waals surface area contributed by atoms with E-state index in [-0.39, 0.29) is 28.6 Å². The van der Waals surface area contributed by atoms with Gasteiger partial charge in [-0.15, -0.1) is 0 Å². The van der Waals surface area contributed by atoms with Crippen LogP contribution in [0.1, 0.15) is 22.9 Å². The predicted molar refractivity (Wildman–Crippen MR) is 149 cm³/mol. The van der Waals surface area contributed by atoms with Crippen molar-refractivity contribution < 1.29 is 0 Å². The van der Waals surface area contributed by atoms with Gasteiger partial charge in [-0.1, -0.05) is 36.4 Å². The van der Waals surface area contributed by atoms with Crippen molar-refractivity contribution >= 4 is 11.3 Å². The first-order valence-electron chi connectivity index (χ1n) is 12.9. The van der Waals surface area contributed by atoms with E-state index < -0.39 is 12.1 Å². The molecule has 0 N–H and O–H groups in total. The van der Waals surface area contributed by atoms with E-state index in [4.69, 9.17) is 11.6 Å². The van der Waals surface area contributed by atoms with Crippen molar-refractivity contribution in [1.82, 2.24) is 4.98 Å². The molecule has 4 heterocycles. The largest absolute Gasteiger partial charge is 0.263 e. The molecule has 0 fully saturated rings. The maximum absolute atomic E-state index is 10.3. The van der Waals surface area contributed by atoms with E-state index in [2.05, 4.69) is 46.9 Å². The Kier molecular flexibility index (Phi) is 5.82. The highest BCUT2D eigenvalue weighted by Gasteiger charge is 2.28. The van der Waals surface area contributed by atoms with Crippen molar-refractivity contribution in [2.45, 2.75) is 12.1 Å². The number of benzene rings is 3. The van der Waals surface area contributed by atoms with Gasteiger partial charge < -0.3 is 0 Å². The highest BCUT2D eigenvalue weighted by molar-refractivity contribution is 5.82. The van der Waals surface area contributed by atoms with Gasteiger partial charge in [0.2, 0.25) is 0 Å². The fraction of sp³-hybridized carbons (Fsp3) is 0.0625. The standard InChI is InChI=1S/C32H16N10/c1-35-29(32-41-25-12-6-7-13-26(25)42-32)28-15-18(19(16-33)30-37-21-8-2-3-9-22(21)38-30)14-27(36-28)20(17-34)31-39-23-10-4-5-11-24(23)40-31/h2-15,20,31H. The summed E-state index contributed by atoms with van der Waals surface area (Å²) >= 11 is 0. The van der Waals surface area contributed by atoms with Gasteiger partial charge in [0.15, 0.2) is 17.8 Å². The maximum Gasteiger partial charge on any atom is 0.255 e. The minimum absolute atomic E-state index is 0.0838. The van der Waals surface area contributed by atoms with Crippen molar-refractivity contribution in [2.75, 3.05) is 0 Å². The fourth-order valence-corrected chi connectivity index (χ4v) is 4.90. The number of nitriles is 2. The van der Waals surface area contributed by atoms with Gasteiger partial charge in [-0.3, -0.25) is 15.0 Å². The van der Waals surface area contributed by atoms with Crippen molar-refractivity contribution in [3.05, 3.63) is 157 Å². The third-order valence-electron chi connectivity index (χ3n) is 6.88. The Morgan fingerprint density at radius 1 is 0.714 bits per heavy atom. The molecule has 194 valence electrons. The fourth-order valence-electron chi connectivity index (χ4n) is 4.90. The first-order chi connectivity index (χ1) is 20.6. The monoisotopic (exact) mass is 540 g/mol. The van der Waals surface area contributed by atoms with Crippen molar-refractivity contribution in [2.24, 2.45) is 30.0 Å². The van der Waals surface area contributed by atoms with Crippen molar-refractivity contribution in [3.8, 4) is 12.1 Å². The van der Waals surface area contributed by atoms with E-state index in [1.165, 1.54) is 0 Å². The van der Waals surface area contributed by atoms with E-state index in [0.717, 1.165) is 0 Å². The molecule has 0 aliphatic carbocycles. The molecule has 0 bridgehead atoms. The molecular formula is C32H16N10. The van der Waals surface area contributed by atoms with Crippen LogP contribution in [0.3, 0.4) is 0 Å². The second kappa shape index (κ2) is 9.95. The highest BCUT2D eigenvalue weighted by Crippen LogP contribution is 2.31. The molecule has 0 saturated carbocycles. The molecular weight excluding hydrogens is 524 g/mol. The number of fused-ring (bicyclic) bond motifs is 3. The Morgan fingerprint density at radius 2 is 1.21 bits per heavy atom. The molecule has 1 atom stereocenters. The molecule has 10 nitrogen and oxygen atoms in total. The van der Waals surface area contributed by atoms with E-state index in [9.17, 15) is 10.5 Å². The summed E-state index contributed by atoms with van der Waals surface area (Å²) in [4.78, 5) is 36.0. The third kappa shape index (κ3) is 4.15. The van der Waals surface area contributed by atoms with Gasteiger partial charge in [0.25, 0.3) is 5.70 Å². The Balaban J connectivity index is 1.45. The molecule has 1 unspecified atom stereocenters. The summed E-state index contributed by atoms with van der Waals surface area (Å²) in [6, 6.07) is 29.8. The van der Waals surface area contributed by atoms with Crippen LogP contribution in [0.15, 0.2) is 127 Å². The Hall–Kier alpha value is -6.44. The van der Waals surface area contributed by atoms with Crippen LogP contribution in [-0.2, 0) is 0 Å². The smallest absolute Gasteiger partial charge is 0.255 e. The van der Waals surface area contributed by atoms with Crippen LogP contribution in [-0.4, -0.2) is 11.1 Å². The lowest BCUT2D eigenvalue weighted by Gasteiger charge is -2.15. The molecule has 3 aliphatic rings. The second-order valence-electron chi connectivity index (χ2n) is 9.45. The molecule has 3 aliphatic heterocycles. The zero-order valence-electron chi connectivity index (χ0n) is 21.7. The normalized spacial score (nSPS) is 14.5. The van der Waals surface area contributed by atoms with Crippen LogP contribution in [0.4, 0.5) is 0 Å². The number of hydrogen-bond acceptors (Lipinski definition) is 9. The Labute approximate surface area is 237 Å². The number of pyridine rings is 1. The van der Waals surface area contributed by atoms with Crippen molar-refractivity contribution in [3.63, 3.8) is 0 Å². The second-order valence-corrected chi connectivity index (χ2v) is 9.45.